The summed E-state index contributed by atoms with van der Waals surface area (Å²) in [5.41, 5.74) is 0.596. The van der Waals surface area contributed by atoms with E-state index in [4.69, 9.17) is 4.52 Å². The Bertz CT molecular complexity index is 647. The van der Waals surface area contributed by atoms with Gasteiger partial charge in [0.05, 0.1) is 5.25 Å². The van der Waals surface area contributed by atoms with Crippen LogP contribution in [0, 0.1) is 0 Å². The fourth-order valence-corrected chi connectivity index (χ4v) is 4.89. The molecule has 0 saturated carbocycles. The van der Waals surface area contributed by atoms with E-state index in [1.54, 1.807) is 6.07 Å². The molecule has 2 N–H and O–H groups in total. The lowest BCUT2D eigenvalue weighted by atomic mass is 10.2. The third kappa shape index (κ3) is 2.98. The number of rotatable bonds is 2. The van der Waals surface area contributed by atoms with E-state index in [0.29, 0.717) is 27.8 Å². The fraction of sp³-hybridized carbons (Fsp3) is 0.429. The number of aromatic hydroxyl groups is 2. The molecule has 0 radical (unpaired) electrons. The minimum atomic E-state index is -0.197. The van der Waals surface area contributed by atoms with E-state index < -0.39 is 0 Å². The second kappa shape index (κ2) is 5.81. The molecule has 1 aliphatic rings. The molecule has 0 aliphatic carbocycles. The lowest BCUT2D eigenvalue weighted by Crippen LogP contribution is -2.22. The highest BCUT2D eigenvalue weighted by molar-refractivity contribution is 8.07. The van der Waals surface area contributed by atoms with Crippen molar-refractivity contribution in [3.05, 3.63) is 24.0 Å². The van der Waals surface area contributed by atoms with Crippen LogP contribution in [0.15, 0.2) is 22.7 Å². The summed E-state index contributed by atoms with van der Waals surface area (Å²) < 4.78 is 5.28. The van der Waals surface area contributed by atoms with Crippen molar-refractivity contribution in [3.63, 3.8) is 0 Å². The van der Waals surface area contributed by atoms with Gasteiger partial charge in [-0.15, -0.1) is 11.8 Å². The molecule has 0 bridgehead atoms. The van der Waals surface area contributed by atoms with Gasteiger partial charge in [0.25, 0.3) is 5.89 Å². The van der Waals surface area contributed by atoms with E-state index in [0.717, 1.165) is 5.75 Å². The number of hydrogen-bond acceptors (Lipinski definition) is 7. The first-order valence-electron chi connectivity index (χ1n) is 6.67. The first-order chi connectivity index (χ1) is 10.0. The Balaban J connectivity index is 1.81. The monoisotopic (exact) mass is 324 g/mol. The van der Waals surface area contributed by atoms with Crippen molar-refractivity contribution >= 4 is 23.5 Å². The van der Waals surface area contributed by atoms with E-state index in [-0.39, 0.29) is 16.7 Å². The van der Waals surface area contributed by atoms with Crippen LogP contribution in [0.4, 0.5) is 0 Å². The van der Waals surface area contributed by atoms with Crippen LogP contribution in [0.5, 0.6) is 11.5 Å². The average molecular weight is 324 g/mol. The molecule has 1 aliphatic heterocycles. The highest BCUT2D eigenvalue weighted by Gasteiger charge is 2.30. The number of nitrogens with zero attached hydrogens (tertiary/aromatic N) is 2. The van der Waals surface area contributed by atoms with Gasteiger partial charge in [-0.3, -0.25) is 0 Å². The maximum Gasteiger partial charge on any atom is 0.258 e. The molecule has 7 heteroatoms. The molecular formula is C14H16N2O3S2. The van der Waals surface area contributed by atoms with Gasteiger partial charge in [0.1, 0.15) is 0 Å². The number of phenols is 2. The number of phenolic OH excluding ortho intramolecular Hbond substituents is 2. The lowest BCUT2D eigenvalue weighted by molar-refractivity contribution is 0.402. The zero-order valence-electron chi connectivity index (χ0n) is 11.7. The zero-order chi connectivity index (χ0) is 15.0. The quantitative estimate of drug-likeness (QED) is 0.819. The Hall–Kier alpha value is -1.34. The standard InChI is InChI=1S/C14H16N2O3S2/c1-7-8(2)21-12(6-20-7)13-15-14(19-16-13)9-3-4-10(17)11(18)5-9/h3-5,7-8,12,17-18H,6H2,1-2H3. The van der Waals surface area contributed by atoms with Crippen LogP contribution in [0.25, 0.3) is 11.5 Å². The smallest absolute Gasteiger partial charge is 0.258 e. The van der Waals surface area contributed by atoms with Crippen molar-refractivity contribution in [1.29, 1.82) is 0 Å². The lowest BCUT2D eigenvalue weighted by Gasteiger charge is -2.29. The molecule has 1 aromatic heterocycles. The average Bonchev–Trinajstić information content (AvgIpc) is 2.94. The highest BCUT2D eigenvalue weighted by atomic mass is 32.2. The van der Waals surface area contributed by atoms with Crippen LogP contribution in [0.2, 0.25) is 0 Å². The molecule has 3 unspecified atom stereocenters. The first kappa shape index (κ1) is 14.6. The Morgan fingerprint density at radius 2 is 2.00 bits per heavy atom. The minimum Gasteiger partial charge on any atom is -0.504 e. The van der Waals surface area contributed by atoms with Crippen LogP contribution in [0.3, 0.4) is 0 Å². The third-order valence-electron chi connectivity index (χ3n) is 3.50. The van der Waals surface area contributed by atoms with Crippen LogP contribution in [-0.2, 0) is 0 Å². The van der Waals surface area contributed by atoms with Crippen molar-refractivity contribution in [3.8, 4) is 23.0 Å². The van der Waals surface area contributed by atoms with Gasteiger partial charge in [0, 0.05) is 21.8 Å². The van der Waals surface area contributed by atoms with Crippen molar-refractivity contribution in [1.82, 2.24) is 10.1 Å². The second-order valence-electron chi connectivity index (χ2n) is 5.03. The normalized spacial score (nSPS) is 25.9. The van der Waals surface area contributed by atoms with E-state index in [1.165, 1.54) is 12.1 Å². The molecule has 21 heavy (non-hydrogen) atoms. The van der Waals surface area contributed by atoms with Gasteiger partial charge in [-0.25, -0.2) is 0 Å². The maximum absolute atomic E-state index is 9.53. The molecule has 1 aromatic carbocycles. The summed E-state index contributed by atoms with van der Waals surface area (Å²) in [4.78, 5) is 4.43. The largest absolute Gasteiger partial charge is 0.504 e. The Morgan fingerprint density at radius 3 is 2.71 bits per heavy atom. The molecule has 1 fully saturated rings. The topological polar surface area (TPSA) is 79.4 Å². The van der Waals surface area contributed by atoms with Crippen LogP contribution >= 0.6 is 23.5 Å². The summed E-state index contributed by atoms with van der Waals surface area (Å²) in [7, 11) is 0. The van der Waals surface area contributed by atoms with Gasteiger partial charge in [-0.05, 0) is 18.2 Å². The summed E-state index contributed by atoms with van der Waals surface area (Å²) in [6.45, 7) is 4.45. The molecular weight excluding hydrogens is 308 g/mol. The van der Waals surface area contributed by atoms with Crippen molar-refractivity contribution < 1.29 is 14.7 Å². The Labute approximate surface area is 131 Å². The second-order valence-corrected chi connectivity index (χ2v) is 8.02. The summed E-state index contributed by atoms with van der Waals surface area (Å²) in [6, 6.07) is 4.46. The summed E-state index contributed by atoms with van der Waals surface area (Å²) in [5, 5.41) is 24.3. The van der Waals surface area contributed by atoms with E-state index >= 15 is 0 Å². The molecule has 0 amide bonds. The van der Waals surface area contributed by atoms with E-state index in [9.17, 15) is 10.2 Å². The first-order valence-corrected chi connectivity index (χ1v) is 8.67. The summed E-state index contributed by atoms with van der Waals surface area (Å²) in [6.07, 6.45) is 0. The van der Waals surface area contributed by atoms with Crippen LogP contribution in [-0.4, -0.2) is 36.6 Å². The van der Waals surface area contributed by atoms with Crippen molar-refractivity contribution in [2.75, 3.05) is 5.75 Å². The molecule has 2 aromatic rings. The zero-order valence-corrected chi connectivity index (χ0v) is 13.3. The molecule has 0 spiro atoms. The molecule has 5 nitrogen and oxygen atoms in total. The molecule has 1 saturated heterocycles. The van der Waals surface area contributed by atoms with E-state index in [2.05, 4.69) is 24.0 Å². The van der Waals surface area contributed by atoms with Gasteiger partial charge < -0.3 is 14.7 Å². The predicted octanol–water partition coefficient (Wildman–Crippen LogP) is 3.45. The van der Waals surface area contributed by atoms with Crippen LogP contribution in [0.1, 0.15) is 24.9 Å². The summed E-state index contributed by atoms with van der Waals surface area (Å²) >= 11 is 3.79. The van der Waals surface area contributed by atoms with Crippen molar-refractivity contribution in [2.45, 2.75) is 29.6 Å². The van der Waals surface area contributed by atoms with E-state index in [1.807, 2.05) is 23.5 Å². The van der Waals surface area contributed by atoms with Gasteiger partial charge in [-0.1, -0.05) is 19.0 Å². The van der Waals surface area contributed by atoms with Gasteiger partial charge in [0.2, 0.25) is 0 Å². The third-order valence-corrected chi connectivity index (χ3v) is 6.89. The van der Waals surface area contributed by atoms with Crippen LogP contribution < -0.4 is 0 Å². The SMILES string of the molecule is CC1SCC(c2noc(-c3ccc(O)c(O)c3)n2)SC1C. The Kier molecular flexibility index (Phi) is 4.03. The summed E-state index contributed by atoms with van der Waals surface area (Å²) in [5.74, 6) is 1.65. The number of hydrogen-bond donors (Lipinski definition) is 2. The molecule has 3 atom stereocenters. The van der Waals surface area contributed by atoms with Gasteiger partial charge in [-0.2, -0.15) is 16.7 Å². The van der Waals surface area contributed by atoms with Gasteiger partial charge in [0.15, 0.2) is 17.3 Å². The highest BCUT2D eigenvalue weighted by Crippen LogP contribution is 2.43. The van der Waals surface area contributed by atoms with Crippen molar-refractivity contribution in [2.24, 2.45) is 0 Å². The number of aromatic nitrogens is 2. The predicted molar refractivity (Wildman–Crippen MR) is 84.8 cm³/mol. The minimum absolute atomic E-state index is 0.166. The molecule has 3 rings (SSSR count). The van der Waals surface area contributed by atoms with Gasteiger partial charge >= 0.3 is 0 Å². The molecule has 112 valence electrons. The fourth-order valence-electron chi connectivity index (χ4n) is 2.06. The number of benzene rings is 1. The maximum atomic E-state index is 9.53. The Morgan fingerprint density at radius 1 is 1.19 bits per heavy atom. The molecule has 2 heterocycles. The number of thioether (sulfide) groups is 2.